The van der Waals surface area contributed by atoms with Gasteiger partial charge in [-0.3, -0.25) is 0 Å². The molecule has 1 aliphatic heterocycles. The zero-order valence-corrected chi connectivity index (χ0v) is 13.1. The van der Waals surface area contributed by atoms with Crippen molar-refractivity contribution in [2.75, 3.05) is 13.2 Å². The molecule has 6 heteroatoms. The molecule has 0 aliphatic carbocycles. The number of azo groups is 1. The summed E-state index contributed by atoms with van der Waals surface area (Å²) >= 11 is 3.44. The van der Waals surface area contributed by atoms with Crippen LogP contribution < -0.4 is 5.84 Å². The predicted octanol–water partition coefficient (Wildman–Crippen LogP) is 3.40. The third kappa shape index (κ3) is 4.11. The lowest BCUT2D eigenvalue weighted by atomic mass is 10.1. The van der Waals surface area contributed by atoms with Gasteiger partial charge in [0, 0.05) is 16.6 Å². The van der Waals surface area contributed by atoms with Crippen LogP contribution >= 0.6 is 15.9 Å². The molecular weight excluding hydrogens is 320 g/mol. The van der Waals surface area contributed by atoms with Crippen molar-refractivity contribution in [3.63, 3.8) is 0 Å². The fraction of sp³-hybridized carbons (Fsp3) is 0.500. The van der Waals surface area contributed by atoms with Gasteiger partial charge in [-0.15, -0.1) is 5.11 Å². The van der Waals surface area contributed by atoms with Crippen molar-refractivity contribution in [2.24, 2.45) is 21.2 Å². The number of aryl methyl sites for hydroxylation is 1. The molecule has 5 nitrogen and oxygen atoms in total. The molecule has 0 aromatic heterocycles. The van der Waals surface area contributed by atoms with Gasteiger partial charge in [-0.2, -0.15) is 10.2 Å². The number of halogens is 1. The van der Waals surface area contributed by atoms with E-state index in [1.54, 1.807) is 0 Å². The smallest absolute Gasteiger partial charge is 0.200 e. The largest absolute Gasteiger partial charge is 0.376 e. The van der Waals surface area contributed by atoms with Gasteiger partial charge < -0.3 is 10.6 Å². The monoisotopic (exact) mass is 338 g/mol. The van der Waals surface area contributed by atoms with Crippen LogP contribution in [0.25, 0.3) is 0 Å². The van der Waals surface area contributed by atoms with Crippen molar-refractivity contribution in [3.05, 3.63) is 33.8 Å². The summed E-state index contributed by atoms with van der Waals surface area (Å²) in [6, 6.07) is 5.90. The van der Waals surface area contributed by atoms with Crippen LogP contribution in [-0.2, 0) is 4.74 Å². The molecule has 20 heavy (non-hydrogen) atoms. The Morgan fingerprint density at radius 2 is 2.30 bits per heavy atom. The number of hydrogen-bond donors (Lipinski definition) is 1. The summed E-state index contributed by atoms with van der Waals surface area (Å²) in [4.78, 5) is 0. The maximum Gasteiger partial charge on any atom is 0.200 e. The van der Waals surface area contributed by atoms with E-state index in [9.17, 15) is 0 Å². The van der Waals surface area contributed by atoms with Gasteiger partial charge in [0.1, 0.15) is 0 Å². The van der Waals surface area contributed by atoms with Crippen molar-refractivity contribution in [1.29, 1.82) is 0 Å². The van der Waals surface area contributed by atoms with Crippen molar-refractivity contribution in [3.8, 4) is 0 Å². The van der Waals surface area contributed by atoms with Crippen molar-refractivity contribution >= 4 is 21.8 Å². The molecule has 0 spiro atoms. The maximum absolute atomic E-state index is 5.61. The molecule has 1 aliphatic rings. The van der Waals surface area contributed by atoms with Gasteiger partial charge in [-0.25, -0.2) is 0 Å². The van der Waals surface area contributed by atoms with Gasteiger partial charge in [-0.1, -0.05) is 22.0 Å². The highest BCUT2D eigenvalue weighted by atomic mass is 79.9. The van der Waals surface area contributed by atoms with Gasteiger partial charge in [0.25, 0.3) is 0 Å². The Kier molecular flexibility index (Phi) is 5.67. The van der Waals surface area contributed by atoms with Gasteiger partial charge in [-0.05, 0) is 43.9 Å². The minimum Gasteiger partial charge on any atom is -0.376 e. The Bertz CT molecular complexity index is 510. The third-order valence-corrected chi connectivity index (χ3v) is 3.78. The fourth-order valence-electron chi connectivity index (χ4n) is 2.13. The zero-order valence-electron chi connectivity index (χ0n) is 11.6. The van der Waals surface area contributed by atoms with E-state index in [1.165, 1.54) is 6.42 Å². The van der Waals surface area contributed by atoms with Crippen LogP contribution in [0.5, 0.6) is 0 Å². The van der Waals surface area contributed by atoms with Crippen LogP contribution in [-0.4, -0.2) is 25.1 Å². The average Bonchev–Trinajstić information content (AvgIpc) is 2.48. The van der Waals surface area contributed by atoms with Crippen molar-refractivity contribution in [2.45, 2.75) is 32.3 Å². The molecule has 1 heterocycles. The summed E-state index contributed by atoms with van der Waals surface area (Å²) in [6.07, 6.45) is 3.56. The SMILES string of the molecule is Cc1ccc(Br)cc1/C(N=NCC1CCCCO1)=N/N. The highest BCUT2D eigenvalue weighted by Crippen LogP contribution is 2.18. The van der Waals surface area contributed by atoms with Crippen LogP contribution in [0.2, 0.25) is 0 Å². The third-order valence-electron chi connectivity index (χ3n) is 3.29. The zero-order chi connectivity index (χ0) is 14.4. The van der Waals surface area contributed by atoms with E-state index in [0.29, 0.717) is 12.4 Å². The lowest BCUT2D eigenvalue weighted by Gasteiger charge is -2.20. The molecule has 1 unspecified atom stereocenters. The number of ether oxygens (including phenoxy) is 1. The lowest BCUT2D eigenvalue weighted by molar-refractivity contribution is 0.0217. The Morgan fingerprint density at radius 3 is 3.00 bits per heavy atom. The highest BCUT2D eigenvalue weighted by Gasteiger charge is 2.13. The predicted molar refractivity (Wildman–Crippen MR) is 82.9 cm³/mol. The van der Waals surface area contributed by atoms with E-state index >= 15 is 0 Å². The second kappa shape index (κ2) is 7.50. The normalized spacial score (nSPS) is 20.5. The van der Waals surface area contributed by atoms with Gasteiger partial charge >= 0.3 is 0 Å². The number of amidine groups is 1. The van der Waals surface area contributed by atoms with E-state index in [4.69, 9.17) is 10.6 Å². The molecule has 0 amide bonds. The molecular formula is C14H19BrN4O. The average molecular weight is 339 g/mol. The van der Waals surface area contributed by atoms with Gasteiger partial charge in [0.15, 0.2) is 5.84 Å². The summed E-state index contributed by atoms with van der Waals surface area (Å²) in [7, 11) is 0. The first kappa shape index (κ1) is 15.1. The highest BCUT2D eigenvalue weighted by molar-refractivity contribution is 9.10. The van der Waals surface area contributed by atoms with E-state index in [2.05, 4.69) is 31.3 Å². The minimum absolute atomic E-state index is 0.176. The number of nitrogens with two attached hydrogens (primary N) is 1. The molecule has 2 rings (SSSR count). The quantitative estimate of drug-likeness (QED) is 0.301. The maximum atomic E-state index is 5.61. The standard InChI is InChI=1S/C14H19BrN4O/c1-10-5-6-11(15)8-13(10)14(18-16)19-17-9-12-4-2-3-7-20-12/h5-6,8,12H,2-4,7,9,16H2,1H3/b18-14-,19-17?. The van der Waals surface area contributed by atoms with E-state index in [1.807, 2.05) is 25.1 Å². The molecule has 1 fully saturated rings. The van der Waals surface area contributed by atoms with Crippen LogP contribution in [0.3, 0.4) is 0 Å². The fourth-order valence-corrected chi connectivity index (χ4v) is 2.50. The molecule has 0 bridgehead atoms. The van der Waals surface area contributed by atoms with Crippen LogP contribution in [0.1, 0.15) is 30.4 Å². The molecule has 0 saturated carbocycles. The number of benzene rings is 1. The molecule has 2 N–H and O–H groups in total. The molecule has 1 aromatic carbocycles. The number of nitrogens with zero attached hydrogens (tertiary/aromatic N) is 3. The summed E-state index contributed by atoms with van der Waals surface area (Å²) in [5.41, 5.74) is 1.94. The first-order valence-electron chi connectivity index (χ1n) is 6.74. The van der Waals surface area contributed by atoms with Crippen molar-refractivity contribution < 1.29 is 4.74 Å². The summed E-state index contributed by atoms with van der Waals surface area (Å²) in [5.74, 6) is 5.87. The number of rotatable bonds is 3. The molecule has 0 radical (unpaired) electrons. The molecule has 1 atom stereocenters. The molecule has 108 valence electrons. The Balaban J connectivity index is 2.03. The Labute approximate surface area is 127 Å². The second-order valence-corrected chi connectivity index (χ2v) is 5.74. The first-order valence-corrected chi connectivity index (χ1v) is 7.53. The van der Waals surface area contributed by atoms with E-state index in [-0.39, 0.29) is 6.10 Å². The number of hydrogen-bond acceptors (Lipinski definition) is 4. The first-order chi connectivity index (χ1) is 9.70. The minimum atomic E-state index is 0.176. The Morgan fingerprint density at radius 1 is 1.45 bits per heavy atom. The lowest BCUT2D eigenvalue weighted by Crippen LogP contribution is -2.21. The van der Waals surface area contributed by atoms with E-state index in [0.717, 1.165) is 35.0 Å². The molecule has 1 aromatic rings. The topological polar surface area (TPSA) is 72.3 Å². The van der Waals surface area contributed by atoms with Crippen LogP contribution in [0.4, 0.5) is 0 Å². The van der Waals surface area contributed by atoms with E-state index < -0.39 is 0 Å². The van der Waals surface area contributed by atoms with Gasteiger partial charge in [0.2, 0.25) is 0 Å². The molecule has 1 saturated heterocycles. The number of hydrazone groups is 1. The Hall–Kier alpha value is -1.27. The van der Waals surface area contributed by atoms with Gasteiger partial charge in [0.05, 0.1) is 12.6 Å². The van der Waals surface area contributed by atoms with Crippen LogP contribution in [0, 0.1) is 6.92 Å². The summed E-state index contributed by atoms with van der Waals surface area (Å²) < 4.78 is 6.57. The second-order valence-electron chi connectivity index (χ2n) is 4.82. The summed E-state index contributed by atoms with van der Waals surface area (Å²) in [5, 5.41) is 12.1. The summed E-state index contributed by atoms with van der Waals surface area (Å²) in [6.45, 7) is 3.38. The van der Waals surface area contributed by atoms with Crippen molar-refractivity contribution in [1.82, 2.24) is 0 Å². The van der Waals surface area contributed by atoms with Crippen LogP contribution in [0.15, 0.2) is 38.0 Å².